The highest BCUT2D eigenvalue weighted by Gasteiger charge is 2.19. The molecule has 0 aromatic heterocycles. The molecule has 1 saturated heterocycles. The second kappa shape index (κ2) is 6.57. The van der Waals surface area contributed by atoms with Gasteiger partial charge in [-0.1, -0.05) is 12.1 Å². The maximum atomic E-state index is 11.9. The molecule has 2 N–H and O–H groups in total. The van der Waals surface area contributed by atoms with Crippen LogP contribution in [-0.4, -0.2) is 26.1 Å². The molecule has 0 bridgehead atoms. The van der Waals surface area contributed by atoms with E-state index in [-0.39, 0.29) is 11.9 Å². The Balaban J connectivity index is 1.84. The fraction of sp³-hybridized carbons (Fsp3) is 0.533. The molecule has 1 aliphatic rings. The van der Waals surface area contributed by atoms with Crippen molar-refractivity contribution in [3.05, 3.63) is 29.8 Å². The van der Waals surface area contributed by atoms with Gasteiger partial charge < -0.3 is 15.4 Å². The molecule has 0 radical (unpaired) electrons. The second-order valence-corrected chi connectivity index (χ2v) is 5.13. The first-order valence-corrected chi connectivity index (χ1v) is 6.83. The van der Waals surface area contributed by atoms with Crippen molar-refractivity contribution in [2.45, 2.75) is 25.8 Å². The maximum absolute atomic E-state index is 11.9. The number of ether oxygens (including phenoxy) is 1. The molecule has 4 heteroatoms. The Hall–Kier alpha value is -1.55. The van der Waals surface area contributed by atoms with Gasteiger partial charge in [0.2, 0.25) is 5.91 Å². The molecule has 2 rings (SSSR count). The molecule has 104 valence electrons. The molecule has 0 aliphatic carbocycles. The van der Waals surface area contributed by atoms with E-state index in [0.717, 1.165) is 30.8 Å². The fourth-order valence-electron chi connectivity index (χ4n) is 2.43. The van der Waals surface area contributed by atoms with Crippen LogP contribution in [0.5, 0.6) is 5.75 Å². The van der Waals surface area contributed by atoms with E-state index in [1.807, 2.05) is 31.2 Å². The third-order valence-electron chi connectivity index (χ3n) is 3.63. The van der Waals surface area contributed by atoms with Crippen molar-refractivity contribution < 1.29 is 9.53 Å². The van der Waals surface area contributed by atoms with Crippen molar-refractivity contribution in [3.63, 3.8) is 0 Å². The summed E-state index contributed by atoms with van der Waals surface area (Å²) in [6.45, 7) is 4.00. The molecule has 1 unspecified atom stereocenters. The normalized spacial score (nSPS) is 20.0. The van der Waals surface area contributed by atoms with E-state index < -0.39 is 0 Å². The molecular formula is C15H22N2O2. The van der Waals surface area contributed by atoms with Gasteiger partial charge in [0.1, 0.15) is 5.75 Å². The van der Waals surface area contributed by atoms with E-state index in [1.165, 1.54) is 0 Å². The van der Waals surface area contributed by atoms with Gasteiger partial charge in [-0.05, 0) is 50.0 Å². The van der Waals surface area contributed by atoms with Crippen molar-refractivity contribution >= 4 is 5.91 Å². The molecule has 0 saturated carbocycles. The number of amides is 1. The Kier molecular flexibility index (Phi) is 4.80. The van der Waals surface area contributed by atoms with Gasteiger partial charge in [0.25, 0.3) is 0 Å². The molecule has 1 amide bonds. The first kappa shape index (κ1) is 13.9. The average Bonchev–Trinajstić information content (AvgIpc) is 2.91. The quantitative estimate of drug-likeness (QED) is 0.851. The Bertz CT molecular complexity index is 411. The first-order chi connectivity index (χ1) is 9.19. The van der Waals surface area contributed by atoms with Crippen LogP contribution in [0, 0.1) is 5.92 Å². The number of hydrogen-bond donors (Lipinski definition) is 2. The Morgan fingerprint density at radius 1 is 1.47 bits per heavy atom. The van der Waals surface area contributed by atoms with E-state index in [1.54, 1.807) is 7.11 Å². The minimum atomic E-state index is 0.0350. The SMILES string of the molecule is COc1ccc([C@H](C)NC(=O)CC2CCNC2)cc1. The van der Waals surface area contributed by atoms with E-state index in [0.29, 0.717) is 12.3 Å². The largest absolute Gasteiger partial charge is 0.497 e. The van der Waals surface area contributed by atoms with E-state index >= 15 is 0 Å². The summed E-state index contributed by atoms with van der Waals surface area (Å²) >= 11 is 0. The van der Waals surface area contributed by atoms with Crippen molar-refractivity contribution in [1.29, 1.82) is 0 Å². The van der Waals surface area contributed by atoms with Crippen LogP contribution in [0.1, 0.15) is 31.4 Å². The highest BCUT2D eigenvalue weighted by molar-refractivity contribution is 5.76. The van der Waals surface area contributed by atoms with Crippen LogP contribution in [0.3, 0.4) is 0 Å². The number of benzene rings is 1. The van der Waals surface area contributed by atoms with Gasteiger partial charge in [0.05, 0.1) is 13.2 Å². The van der Waals surface area contributed by atoms with E-state index in [9.17, 15) is 4.79 Å². The molecule has 1 aromatic rings. The summed E-state index contributed by atoms with van der Waals surface area (Å²) in [5, 5.41) is 6.33. The third kappa shape index (κ3) is 3.96. The third-order valence-corrected chi connectivity index (χ3v) is 3.63. The van der Waals surface area contributed by atoms with Gasteiger partial charge in [0.15, 0.2) is 0 Å². The molecule has 1 fully saturated rings. The number of methoxy groups -OCH3 is 1. The van der Waals surface area contributed by atoms with E-state index in [2.05, 4.69) is 10.6 Å². The zero-order chi connectivity index (χ0) is 13.7. The van der Waals surface area contributed by atoms with Crippen molar-refractivity contribution in [3.8, 4) is 5.75 Å². The lowest BCUT2D eigenvalue weighted by atomic mass is 10.0. The van der Waals surface area contributed by atoms with E-state index in [4.69, 9.17) is 4.74 Å². The topological polar surface area (TPSA) is 50.4 Å². The summed E-state index contributed by atoms with van der Waals surface area (Å²) in [7, 11) is 1.65. The summed E-state index contributed by atoms with van der Waals surface area (Å²) in [6, 6.07) is 7.84. The molecular weight excluding hydrogens is 240 g/mol. The number of nitrogens with one attached hydrogen (secondary N) is 2. The van der Waals surface area contributed by atoms with Gasteiger partial charge >= 0.3 is 0 Å². The zero-order valence-corrected chi connectivity index (χ0v) is 11.6. The number of carbonyl (C=O) groups excluding carboxylic acids is 1. The molecule has 19 heavy (non-hydrogen) atoms. The summed E-state index contributed by atoms with van der Waals surface area (Å²) < 4.78 is 5.12. The predicted octanol–water partition coefficient (Wildman–Crippen LogP) is 1.87. The Morgan fingerprint density at radius 3 is 2.79 bits per heavy atom. The van der Waals surface area contributed by atoms with Crippen LogP contribution in [0.15, 0.2) is 24.3 Å². The monoisotopic (exact) mass is 262 g/mol. The zero-order valence-electron chi connectivity index (χ0n) is 11.6. The standard InChI is InChI=1S/C15H22N2O2/c1-11(13-3-5-14(19-2)6-4-13)17-15(18)9-12-7-8-16-10-12/h3-6,11-12,16H,7-10H2,1-2H3,(H,17,18)/t11-,12?/m0/s1. The lowest BCUT2D eigenvalue weighted by molar-refractivity contribution is -0.122. The van der Waals surface area contributed by atoms with Crippen molar-refractivity contribution in [1.82, 2.24) is 10.6 Å². The summed E-state index contributed by atoms with van der Waals surface area (Å²) in [4.78, 5) is 11.9. The molecule has 1 aliphatic heterocycles. The maximum Gasteiger partial charge on any atom is 0.220 e. The summed E-state index contributed by atoms with van der Waals surface area (Å²) in [5.41, 5.74) is 1.10. The molecule has 0 spiro atoms. The molecule has 1 heterocycles. The minimum Gasteiger partial charge on any atom is -0.497 e. The lowest BCUT2D eigenvalue weighted by Gasteiger charge is -2.16. The van der Waals surface area contributed by atoms with Gasteiger partial charge in [-0.15, -0.1) is 0 Å². The fourth-order valence-corrected chi connectivity index (χ4v) is 2.43. The first-order valence-electron chi connectivity index (χ1n) is 6.83. The van der Waals surface area contributed by atoms with Crippen molar-refractivity contribution in [2.24, 2.45) is 5.92 Å². The number of rotatable bonds is 5. The van der Waals surface area contributed by atoms with Crippen LogP contribution in [-0.2, 0) is 4.79 Å². The van der Waals surface area contributed by atoms with Crippen LogP contribution in [0.25, 0.3) is 0 Å². The van der Waals surface area contributed by atoms with Gasteiger partial charge in [-0.3, -0.25) is 4.79 Å². The van der Waals surface area contributed by atoms with Crippen LogP contribution in [0.2, 0.25) is 0 Å². The predicted molar refractivity (Wildman–Crippen MR) is 75.1 cm³/mol. The number of hydrogen-bond acceptors (Lipinski definition) is 3. The average molecular weight is 262 g/mol. The van der Waals surface area contributed by atoms with Crippen molar-refractivity contribution in [2.75, 3.05) is 20.2 Å². The minimum absolute atomic E-state index is 0.0350. The lowest BCUT2D eigenvalue weighted by Crippen LogP contribution is -2.28. The highest BCUT2D eigenvalue weighted by Crippen LogP contribution is 2.18. The Labute approximate surface area is 114 Å². The molecule has 4 nitrogen and oxygen atoms in total. The van der Waals surface area contributed by atoms with Crippen LogP contribution >= 0.6 is 0 Å². The number of carbonyl (C=O) groups is 1. The molecule has 1 aromatic carbocycles. The smallest absolute Gasteiger partial charge is 0.220 e. The van der Waals surface area contributed by atoms with Crippen LogP contribution in [0.4, 0.5) is 0 Å². The highest BCUT2D eigenvalue weighted by atomic mass is 16.5. The van der Waals surface area contributed by atoms with Gasteiger partial charge in [-0.2, -0.15) is 0 Å². The summed E-state index contributed by atoms with van der Waals surface area (Å²) in [6.07, 6.45) is 1.72. The van der Waals surface area contributed by atoms with Gasteiger partial charge in [0, 0.05) is 6.42 Å². The Morgan fingerprint density at radius 2 is 2.21 bits per heavy atom. The second-order valence-electron chi connectivity index (χ2n) is 5.13. The summed E-state index contributed by atoms with van der Waals surface area (Å²) in [5.74, 6) is 1.46. The van der Waals surface area contributed by atoms with Crippen LogP contribution < -0.4 is 15.4 Å². The van der Waals surface area contributed by atoms with Gasteiger partial charge in [-0.25, -0.2) is 0 Å². The molecule has 2 atom stereocenters.